The Bertz CT molecular complexity index is 421. The molecule has 2 rings (SSSR count). The summed E-state index contributed by atoms with van der Waals surface area (Å²) in [7, 11) is 2.12. The highest BCUT2D eigenvalue weighted by atomic mass is 35.5. The lowest BCUT2D eigenvalue weighted by Crippen LogP contribution is -2.52. The van der Waals surface area contributed by atoms with E-state index in [-0.39, 0.29) is 12.6 Å². The summed E-state index contributed by atoms with van der Waals surface area (Å²) in [5.74, 6) is 0. The van der Waals surface area contributed by atoms with Crippen molar-refractivity contribution in [1.82, 2.24) is 9.80 Å². The molecule has 1 N–H and O–H groups in total. The van der Waals surface area contributed by atoms with Gasteiger partial charge in [0.05, 0.1) is 12.6 Å². The van der Waals surface area contributed by atoms with E-state index in [4.69, 9.17) is 23.2 Å². The third-order valence-electron chi connectivity index (χ3n) is 3.79. The molecule has 1 saturated heterocycles. The molecule has 19 heavy (non-hydrogen) atoms. The molecule has 2 unspecified atom stereocenters. The van der Waals surface area contributed by atoms with Crippen molar-refractivity contribution in [1.29, 1.82) is 0 Å². The molecule has 0 saturated carbocycles. The molecule has 0 aliphatic carbocycles. The van der Waals surface area contributed by atoms with Crippen LogP contribution in [-0.2, 0) is 0 Å². The minimum atomic E-state index is -0.134. The zero-order chi connectivity index (χ0) is 14.0. The SMILES string of the molecule is CC1CN(C)CCN1C(CO)c1c(Cl)cccc1Cl. The fraction of sp³-hybridized carbons (Fsp3) is 0.571. The van der Waals surface area contributed by atoms with Crippen molar-refractivity contribution >= 4 is 23.2 Å². The smallest absolute Gasteiger partial charge is 0.0629 e. The van der Waals surface area contributed by atoms with Crippen molar-refractivity contribution < 1.29 is 5.11 Å². The second-order valence-corrected chi connectivity index (χ2v) is 6.00. The number of likely N-dealkylation sites (N-methyl/N-ethyl adjacent to an activating group) is 1. The first-order valence-corrected chi connectivity index (χ1v) is 7.29. The number of benzene rings is 1. The zero-order valence-electron chi connectivity index (χ0n) is 11.3. The normalized spacial score (nSPS) is 23.5. The zero-order valence-corrected chi connectivity index (χ0v) is 12.8. The summed E-state index contributed by atoms with van der Waals surface area (Å²) in [6.07, 6.45) is 0. The van der Waals surface area contributed by atoms with Gasteiger partial charge in [0.1, 0.15) is 0 Å². The molecule has 5 heteroatoms. The van der Waals surface area contributed by atoms with Gasteiger partial charge in [-0.05, 0) is 26.1 Å². The highest BCUT2D eigenvalue weighted by Crippen LogP contribution is 2.35. The van der Waals surface area contributed by atoms with E-state index >= 15 is 0 Å². The standard InChI is InChI=1S/C14H20Cl2N2O/c1-10-8-17(2)6-7-18(10)13(9-19)14-11(15)4-3-5-12(14)16/h3-5,10,13,19H,6-9H2,1-2H3. The van der Waals surface area contributed by atoms with Crippen LogP contribution in [0.25, 0.3) is 0 Å². The number of piperazine rings is 1. The number of aliphatic hydroxyl groups is 1. The molecule has 0 amide bonds. The van der Waals surface area contributed by atoms with Gasteiger partial charge in [-0.3, -0.25) is 4.90 Å². The van der Waals surface area contributed by atoms with Gasteiger partial charge >= 0.3 is 0 Å². The van der Waals surface area contributed by atoms with Crippen LogP contribution in [0.1, 0.15) is 18.5 Å². The summed E-state index contributed by atoms with van der Waals surface area (Å²) < 4.78 is 0. The average molecular weight is 303 g/mol. The van der Waals surface area contributed by atoms with E-state index in [2.05, 4.69) is 23.8 Å². The van der Waals surface area contributed by atoms with Gasteiger partial charge in [-0.15, -0.1) is 0 Å². The first kappa shape index (κ1) is 15.1. The van der Waals surface area contributed by atoms with Gasteiger partial charge < -0.3 is 10.0 Å². The number of nitrogens with zero attached hydrogens (tertiary/aromatic N) is 2. The molecule has 0 aromatic heterocycles. The quantitative estimate of drug-likeness (QED) is 0.930. The maximum absolute atomic E-state index is 9.79. The van der Waals surface area contributed by atoms with E-state index in [1.807, 2.05) is 18.2 Å². The van der Waals surface area contributed by atoms with Gasteiger partial charge in [0, 0.05) is 41.3 Å². The van der Waals surface area contributed by atoms with Crippen molar-refractivity contribution in [2.45, 2.75) is 19.0 Å². The second-order valence-electron chi connectivity index (χ2n) is 5.18. The number of hydrogen-bond acceptors (Lipinski definition) is 3. The first-order chi connectivity index (χ1) is 9.04. The van der Waals surface area contributed by atoms with Gasteiger partial charge in [0.2, 0.25) is 0 Å². The summed E-state index contributed by atoms with van der Waals surface area (Å²) in [6.45, 7) is 5.08. The van der Waals surface area contributed by atoms with Gasteiger partial charge in [-0.1, -0.05) is 29.3 Å². The molecule has 1 heterocycles. The molecule has 1 aliphatic heterocycles. The summed E-state index contributed by atoms with van der Waals surface area (Å²) in [5.41, 5.74) is 0.838. The van der Waals surface area contributed by atoms with Gasteiger partial charge in [-0.25, -0.2) is 0 Å². The van der Waals surface area contributed by atoms with Crippen LogP contribution in [-0.4, -0.2) is 54.2 Å². The molecular formula is C14H20Cl2N2O. The Morgan fingerprint density at radius 3 is 2.47 bits per heavy atom. The van der Waals surface area contributed by atoms with Crippen LogP contribution in [0, 0.1) is 0 Å². The fourth-order valence-corrected chi connectivity index (χ4v) is 3.46. The van der Waals surface area contributed by atoms with E-state index in [0.717, 1.165) is 25.2 Å². The predicted octanol–water partition coefficient (Wildman–Crippen LogP) is 2.66. The summed E-state index contributed by atoms with van der Waals surface area (Å²) in [4.78, 5) is 4.58. The maximum atomic E-state index is 9.79. The van der Waals surface area contributed by atoms with Crippen molar-refractivity contribution in [3.63, 3.8) is 0 Å². The Kier molecular flexibility index (Phi) is 5.09. The second kappa shape index (κ2) is 6.42. The summed E-state index contributed by atoms with van der Waals surface area (Å²) in [5, 5.41) is 11.0. The van der Waals surface area contributed by atoms with Crippen LogP contribution in [0.15, 0.2) is 18.2 Å². The molecule has 106 valence electrons. The van der Waals surface area contributed by atoms with Crippen LogP contribution in [0.3, 0.4) is 0 Å². The largest absolute Gasteiger partial charge is 0.394 e. The van der Waals surface area contributed by atoms with Crippen LogP contribution >= 0.6 is 23.2 Å². The first-order valence-electron chi connectivity index (χ1n) is 6.53. The lowest BCUT2D eigenvalue weighted by atomic mass is 10.0. The van der Waals surface area contributed by atoms with Gasteiger partial charge in [-0.2, -0.15) is 0 Å². The van der Waals surface area contributed by atoms with E-state index in [0.29, 0.717) is 16.1 Å². The Balaban J connectivity index is 2.29. The Morgan fingerprint density at radius 1 is 1.32 bits per heavy atom. The third kappa shape index (κ3) is 3.23. The molecule has 1 fully saturated rings. The number of hydrogen-bond donors (Lipinski definition) is 1. The van der Waals surface area contributed by atoms with Crippen molar-refractivity contribution in [3.8, 4) is 0 Å². The van der Waals surface area contributed by atoms with Crippen LogP contribution in [0.5, 0.6) is 0 Å². The predicted molar refractivity (Wildman–Crippen MR) is 80.0 cm³/mol. The number of halogens is 2. The van der Waals surface area contributed by atoms with Crippen molar-refractivity contribution in [3.05, 3.63) is 33.8 Å². The number of aliphatic hydroxyl groups excluding tert-OH is 1. The van der Waals surface area contributed by atoms with E-state index in [1.54, 1.807) is 0 Å². The molecule has 1 aromatic rings. The maximum Gasteiger partial charge on any atom is 0.0629 e. The lowest BCUT2D eigenvalue weighted by Gasteiger charge is -2.42. The summed E-state index contributed by atoms with van der Waals surface area (Å²) >= 11 is 12.5. The summed E-state index contributed by atoms with van der Waals surface area (Å²) in [6, 6.07) is 5.71. The van der Waals surface area contributed by atoms with Crippen LogP contribution < -0.4 is 0 Å². The Hall–Kier alpha value is -0.320. The third-order valence-corrected chi connectivity index (χ3v) is 4.45. The van der Waals surface area contributed by atoms with Crippen LogP contribution in [0.4, 0.5) is 0 Å². The molecule has 1 aromatic carbocycles. The molecule has 1 aliphatic rings. The van der Waals surface area contributed by atoms with E-state index < -0.39 is 0 Å². The highest BCUT2D eigenvalue weighted by molar-refractivity contribution is 6.36. The Morgan fingerprint density at radius 2 is 1.95 bits per heavy atom. The van der Waals surface area contributed by atoms with Gasteiger partial charge in [0.25, 0.3) is 0 Å². The molecule has 0 radical (unpaired) electrons. The minimum Gasteiger partial charge on any atom is -0.394 e. The van der Waals surface area contributed by atoms with E-state index in [9.17, 15) is 5.11 Å². The lowest BCUT2D eigenvalue weighted by molar-refractivity contribution is 0.0342. The monoisotopic (exact) mass is 302 g/mol. The van der Waals surface area contributed by atoms with Crippen LogP contribution in [0.2, 0.25) is 10.0 Å². The highest BCUT2D eigenvalue weighted by Gasteiger charge is 2.30. The van der Waals surface area contributed by atoms with Gasteiger partial charge in [0.15, 0.2) is 0 Å². The fourth-order valence-electron chi connectivity index (χ4n) is 2.81. The molecule has 0 bridgehead atoms. The van der Waals surface area contributed by atoms with Crippen molar-refractivity contribution in [2.75, 3.05) is 33.3 Å². The van der Waals surface area contributed by atoms with Crippen molar-refractivity contribution in [2.24, 2.45) is 0 Å². The number of rotatable bonds is 3. The molecule has 2 atom stereocenters. The topological polar surface area (TPSA) is 26.7 Å². The van der Waals surface area contributed by atoms with E-state index in [1.165, 1.54) is 0 Å². The molecule has 3 nitrogen and oxygen atoms in total. The molecule has 0 spiro atoms. The molecular weight excluding hydrogens is 283 g/mol. The minimum absolute atomic E-state index is 0.0253. The Labute approximate surface area is 124 Å². The average Bonchev–Trinajstić information content (AvgIpc) is 2.35.